The Kier molecular flexibility index (Phi) is 5.05. The Morgan fingerprint density at radius 2 is 1.58 bits per heavy atom. The van der Waals surface area contributed by atoms with E-state index in [4.69, 9.17) is 0 Å². The summed E-state index contributed by atoms with van der Waals surface area (Å²) in [7, 11) is -3.90. The molecule has 0 spiro atoms. The SMILES string of the molecule is Cc1ccc(S(=O)(=O)n2ccc3c2[C@@H]2C(=O)N(c4ccc(C(C)C)cc4)C(=O)[C@@H]2CC3)cc1. The van der Waals surface area contributed by atoms with E-state index in [9.17, 15) is 18.0 Å². The molecule has 6 nitrogen and oxygen atoms in total. The van der Waals surface area contributed by atoms with Crippen LogP contribution >= 0.6 is 0 Å². The highest BCUT2D eigenvalue weighted by Crippen LogP contribution is 2.45. The number of rotatable bonds is 4. The van der Waals surface area contributed by atoms with Crippen molar-refractivity contribution in [1.82, 2.24) is 3.97 Å². The average molecular weight is 463 g/mol. The van der Waals surface area contributed by atoms with Crippen LogP contribution in [0.1, 0.15) is 54.5 Å². The molecule has 0 bridgehead atoms. The minimum absolute atomic E-state index is 0.159. The summed E-state index contributed by atoms with van der Waals surface area (Å²) in [5.41, 5.74) is 3.84. The Hall–Kier alpha value is -3.19. The van der Waals surface area contributed by atoms with Gasteiger partial charge in [-0.2, -0.15) is 0 Å². The Morgan fingerprint density at radius 1 is 0.909 bits per heavy atom. The highest BCUT2D eigenvalue weighted by Gasteiger charge is 2.53. The van der Waals surface area contributed by atoms with Crippen molar-refractivity contribution >= 4 is 27.5 Å². The van der Waals surface area contributed by atoms with Crippen molar-refractivity contribution in [2.24, 2.45) is 5.92 Å². The van der Waals surface area contributed by atoms with E-state index in [0.29, 0.717) is 30.1 Å². The predicted molar refractivity (Wildman–Crippen MR) is 126 cm³/mol. The van der Waals surface area contributed by atoms with Gasteiger partial charge in [-0.1, -0.05) is 43.7 Å². The molecule has 3 aromatic rings. The van der Waals surface area contributed by atoms with E-state index in [1.54, 1.807) is 42.5 Å². The Bertz CT molecular complexity index is 1350. The van der Waals surface area contributed by atoms with E-state index in [-0.39, 0.29) is 16.7 Å². The topological polar surface area (TPSA) is 76.5 Å². The largest absolute Gasteiger partial charge is 0.274 e. The monoisotopic (exact) mass is 462 g/mol. The minimum atomic E-state index is -3.90. The summed E-state index contributed by atoms with van der Waals surface area (Å²) >= 11 is 0. The van der Waals surface area contributed by atoms with Crippen molar-refractivity contribution in [2.75, 3.05) is 4.90 Å². The number of aryl methyl sites for hydroxylation is 2. The summed E-state index contributed by atoms with van der Waals surface area (Å²) in [5.74, 6) is -1.64. The maximum absolute atomic E-state index is 13.6. The van der Waals surface area contributed by atoms with Crippen LogP contribution in [0.25, 0.3) is 0 Å². The van der Waals surface area contributed by atoms with Gasteiger partial charge in [0.15, 0.2) is 0 Å². The summed E-state index contributed by atoms with van der Waals surface area (Å²) < 4.78 is 28.1. The number of carbonyl (C=O) groups excluding carboxylic acids is 2. The summed E-state index contributed by atoms with van der Waals surface area (Å²) in [5, 5.41) is 0. The molecular weight excluding hydrogens is 436 g/mol. The number of fused-ring (bicyclic) bond motifs is 3. The van der Waals surface area contributed by atoms with E-state index in [2.05, 4.69) is 13.8 Å². The lowest BCUT2D eigenvalue weighted by Gasteiger charge is -2.24. The van der Waals surface area contributed by atoms with E-state index in [1.165, 1.54) is 15.1 Å². The normalized spacial score (nSPS) is 20.3. The quantitative estimate of drug-likeness (QED) is 0.540. The fraction of sp³-hybridized carbons (Fsp3) is 0.308. The molecule has 1 aliphatic carbocycles. The molecule has 1 saturated heterocycles. The van der Waals surface area contributed by atoms with E-state index in [0.717, 1.165) is 16.7 Å². The molecule has 1 aliphatic heterocycles. The summed E-state index contributed by atoms with van der Waals surface area (Å²) in [4.78, 5) is 28.3. The van der Waals surface area contributed by atoms with Crippen molar-refractivity contribution in [3.63, 3.8) is 0 Å². The van der Waals surface area contributed by atoms with Crippen LogP contribution in [0.4, 0.5) is 5.69 Å². The maximum Gasteiger partial charge on any atom is 0.267 e. The number of anilines is 1. The van der Waals surface area contributed by atoms with Gasteiger partial charge in [0.1, 0.15) is 0 Å². The fourth-order valence-electron chi connectivity index (χ4n) is 4.95. The zero-order valence-corrected chi connectivity index (χ0v) is 19.7. The van der Waals surface area contributed by atoms with E-state index in [1.807, 2.05) is 19.1 Å². The molecule has 0 unspecified atom stereocenters. The smallest absolute Gasteiger partial charge is 0.267 e. The lowest BCUT2D eigenvalue weighted by atomic mass is 9.80. The van der Waals surface area contributed by atoms with Gasteiger partial charge in [-0.3, -0.25) is 9.59 Å². The number of aromatic nitrogens is 1. The number of imide groups is 1. The molecule has 1 aromatic heterocycles. The van der Waals surface area contributed by atoms with Crippen molar-refractivity contribution < 1.29 is 18.0 Å². The van der Waals surface area contributed by atoms with Crippen molar-refractivity contribution in [1.29, 1.82) is 0 Å². The van der Waals surface area contributed by atoms with E-state index < -0.39 is 21.9 Å². The third-order valence-electron chi connectivity index (χ3n) is 6.82. The standard InChI is InChI=1S/C26H26N2O4S/c1-16(2)18-6-9-20(10-7-18)28-25(29)22-13-8-19-14-15-27(24(19)23(22)26(28)30)33(31,32)21-11-4-17(3)5-12-21/h4-7,9-12,14-16,22-23H,8,13H2,1-3H3/t22-,23-/m1/s1. The number of nitrogens with zero attached hydrogens (tertiary/aromatic N) is 2. The molecule has 2 amide bonds. The van der Waals surface area contributed by atoms with Gasteiger partial charge < -0.3 is 0 Å². The minimum Gasteiger partial charge on any atom is -0.274 e. The third-order valence-corrected chi connectivity index (χ3v) is 8.52. The third kappa shape index (κ3) is 3.33. The number of hydrogen-bond acceptors (Lipinski definition) is 4. The van der Waals surface area contributed by atoms with Crippen LogP contribution in [-0.4, -0.2) is 24.2 Å². The van der Waals surface area contributed by atoms with Crippen molar-refractivity contribution in [2.45, 2.75) is 50.3 Å². The molecule has 2 atom stereocenters. The first-order valence-electron chi connectivity index (χ1n) is 11.2. The number of benzene rings is 2. The van der Waals surface area contributed by atoms with Gasteiger partial charge in [-0.25, -0.2) is 17.3 Å². The van der Waals surface area contributed by atoms with Crippen LogP contribution in [-0.2, 0) is 26.0 Å². The molecular formula is C26H26N2O4S. The van der Waals surface area contributed by atoms with Crippen LogP contribution in [0.3, 0.4) is 0 Å². The van der Waals surface area contributed by atoms with Gasteiger partial charge >= 0.3 is 0 Å². The second-order valence-electron chi connectivity index (χ2n) is 9.22. The Labute approximate surface area is 193 Å². The molecule has 1 fully saturated rings. The molecule has 0 saturated carbocycles. The molecule has 170 valence electrons. The molecule has 0 radical (unpaired) electrons. The maximum atomic E-state index is 13.6. The molecule has 7 heteroatoms. The lowest BCUT2D eigenvalue weighted by molar-refractivity contribution is -0.122. The molecule has 2 aromatic carbocycles. The molecule has 33 heavy (non-hydrogen) atoms. The Balaban J connectivity index is 1.57. The van der Waals surface area contributed by atoms with Crippen LogP contribution in [0.2, 0.25) is 0 Å². The van der Waals surface area contributed by atoms with Gasteiger partial charge in [0.2, 0.25) is 11.8 Å². The highest BCUT2D eigenvalue weighted by atomic mass is 32.2. The summed E-state index contributed by atoms with van der Waals surface area (Å²) in [6.45, 7) is 6.06. The fourth-order valence-corrected chi connectivity index (χ4v) is 6.36. The van der Waals surface area contributed by atoms with Crippen molar-refractivity contribution in [3.05, 3.63) is 83.2 Å². The second kappa shape index (κ2) is 7.70. The first kappa shape index (κ1) is 21.6. The van der Waals surface area contributed by atoms with Gasteiger partial charge in [-0.15, -0.1) is 0 Å². The number of amides is 2. The van der Waals surface area contributed by atoms with Gasteiger partial charge in [-0.05, 0) is 67.1 Å². The number of hydrogen-bond donors (Lipinski definition) is 0. The highest BCUT2D eigenvalue weighted by molar-refractivity contribution is 7.90. The van der Waals surface area contributed by atoms with Gasteiger partial charge in [0, 0.05) is 6.20 Å². The first-order valence-corrected chi connectivity index (χ1v) is 12.6. The summed E-state index contributed by atoms with van der Waals surface area (Å²) in [6.07, 6.45) is 2.60. The average Bonchev–Trinajstić information content (AvgIpc) is 3.33. The molecule has 0 N–H and O–H groups in total. The second-order valence-corrected chi connectivity index (χ2v) is 11.0. The Morgan fingerprint density at radius 3 is 2.21 bits per heavy atom. The van der Waals surface area contributed by atoms with E-state index >= 15 is 0 Å². The van der Waals surface area contributed by atoms with Crippen molar-refractivity contribution in [3.8, 4) is 0 Å². The lowest BCUT2D eigenvalue weighted by Crippen LogP contribution is -2.31. The van der Waals surface area contributed by atoms with Crippen LogP contribution in [0, 0.1) is 12.8 Å². The molecule has 2 aliphatic rings. The van der Waals surface area contributed by atoms with Gasteiger partial charge in [0.25, 0.3) is 10.0 Å². The summed E-state index contributed by atoms with van der Waals surface area (Å²) in [6, 6.07) is 15.9. The van der Waals surface area contributed by atoms with Gasteiger partial charge in [0.05, 0.1) is 28.1 Å². The van der Waals surface area contributed by atoms with Crippen LogP contribution in [0.15, 0.2) is 65.7 Å². The predicted octanol–water partition coefficient (Wildman–Crippen LogP) is 4.38. The van der Waals surface area contributed by atoms with Crippen LogP contribution in [0.5, 0.6) is 0 Å². The zero-order chi connectivity index (χ0) is 23.5. The molecule has 2 heterocycles. The number of carbonyl (C=O) groups is 2. The zero-order valence-electron chi connectivity index (χ0n) is 18.9. The first-order chi connectivity index (χ1) is 15.7. The van der Waals surface area contributed by atoms with Crippen LogP contribution < -0.4 is 4.90 Å². The molecule has 5 rings (SSSR count).